The molecule has 0 aliphatic carbocycles. The lowest BCUT2D eigenvalue weighted by Gasteiger charge is -2.19. The first-order chi connectivity index (χ1) is 9.31. The van der Waals surface area contributed by atoms with Gasteiger partial charge >= 0.3 is 11.9 Å². The van der Waals surface area contributed by atoms with Crippen molar-refractivity contribution in [2.24, 2.45) is 0 Å². The zero-order valence-corrected chi connectivity index (χ0v) is 12.3. The Morgan fingerprint density at radius 1 is 1.15 bits per heavy atom. The van der Waals surface area contributed by atoms with E-state index in [2.05, 4.69) is 0 Å². The predicted octanol–water partition coefficient (Wildman–Crippen LogP) is 3.22. The van der Waals surface area contributed by atoms with Crippen molar-refractivity contribution >= 4 is 18.0 Å². The third kappa shape index (κ3) is 5.69. The second-order valence-electron chi connectivity index (χ2n) is 5.21. The van der Waals surface area contributed by atoms with Gasteiger partial charge in [0, 0.05) is 6.08 Å². The van der Waals surface area contributed by atoms with Crippen LogP contribution >= 0.6 is 0 Å². The van der Waals surface area contributed by atoms with E-state index in [0.717, 1.165) is 5.56 Å². The van der Waals surface area contributed by atoms with E-state index >= 15 is 0 Å². The van der Waals surface area contributed by atoms with Crippen LogP contribution in [0.2, 0.25) is 0 Å². The molecule has 0 amide bonds. The van der Waals surface area contributed by atoms with E-state index in [0.29, 0.717) is 12.2 Å². The number of carbonyl (C=O) groups excluding carboxylic acids is 2. The highest BCUT2D eigenvalue weighted by molar-refractivity contribution is 5.90. The first kappa shape index (κ1) is 16.0. The number of hydrogen-bond donors (Lipinski definition) is 0. The van der Waals surface area contributed by atoms with E-state index < -0.39 is 5.60 Å². The largest absolute Gasteiger partial charge is 0.463 e. The summed E-state index contributed by atoms with van der Waals surface area (Å²) in [5.41, 5.74) is 0.776. The van der Waals surface area contributed by atoms with E-state index in [4.69, 9.17) is 9.47 Å². The Morgan fingerprint density at radius 2 is 1.75 bits per heavy atom. The number of benzene rings is 1. The molecule has 0 N–H and O–H groups in total. The highest BCUT2D eigenvalue weighted by Crippen LogP contribution is 2.13. The molecule has 0 spiro atoms. The van der Waals surface area contributed by atoms with Crippen LogP contribution in [0.25, 0.3) is 6.08 Å². The lowest BCUT2D eigenvalue weighted by molar-refractivity contribution is -0.137. The first-order valence-corrected chi connectivity index (χ1v) is 6.50. The molecule has 0 aliphatic heterocycles. The highest BCUT2D eigenvalue weighted by atomic mass is 16.6. The molecule has 0 heterocycles. The van der Waals surface area contributed by atoms with Gasteiger partial charge in [0.1, 0.15) is 5.60 Å². The lowest BCUT2D eigenvalue weighted by atomic mass is 10.1. The minimum absolute atomic E-state index is 0.348. The number of rotatable bonds is 4. The fraction of sp³-hybridized carbons (Fsp3) is 0.375. The molecule has 108 valence electrons. The Labute approximate surface area is 119 Å². The Bertz CT molecular complexity index is 492. The average Bonchev–Trinajstić information content (AvgIpc) is 2.35. The molecule has 0 atom stereocenters. The lowest BCUT2D eigenvalue weighted by Crippen LogP contribution is -2.23. The van der Waals surface area contributed by atoms with Crippen molar-refractivity contribution in [3.05, 3.63) is 41.5 Å². The van der Waals surface area contributed by atoms with Gasteiger partial charge in [-0.05, 0) is 51.5 Å². The van der Waals surface area contributed by atoms with Crippen molar-refractivity contribution in [1.82, 2.24) is 0 Å². The Morgan fingerprint density at radius 3 is 2.25 bits per heavy atom. The Hall–Kier alpha value is -2.10. The zero-order valence-electron chi connectivity index (χ0n) is 12.3. The number of ether oxygens (including phenoxy) is 2. The van der Waals surface area contributed by atoms with Gasteiger partial charge in [0.25, 0.3) is 0 Å². The van der Waals surface area contributed by atoms with Crippen molar-refractivity contribution in [3.8, 4) is 0 Å². The standard InChI is InChI=1S/C16H20O4/c1-5-19-14(17)11-8-12-6-9-13(10-7-12)15(18)20-16(2,3)4/h6-11H,5H2,1-4H3/b11-8+. The monoisotopic (exact) mass is 276 g/mol. The summed E-state index contributed by atoms with van der Waals surface area (Å²) in [7, 11) is 0. The fourth-order valence-electron chi connectivity index (χ4n) is 1.42. The summed E-state index contributed by atoms with van der Waals surface area (Å²) in [4.78, 5) is 23.0. The molecule has 0 saturated heterocycles. The highest BCUT2D eigenvalue weighted by Gasteiger charge is 2.17. The molecule has 4 heteroatoms. The molecule has 0 radical (unpaired) electrons. The summed E-state index contributed by atoms with van der Waals surface area (Å²) in [5, 5.41) is 0. The van der Waals surface area contributed by atoms with Crippen LogP contribution in [0.15, 0.2) is 30.3 Å². The number of carbonyl (C=O) groups is 2. The maximum absolute atomic E-state index is 11.8. The van der Waals surface area contributed by atoms with Gasteiger partial charge in [0.05, 0.1) is 12.2 Å². The molecular formula is C16H20O4. The third-order valence-electron chi connectivity index (χ3n) is 2.24. The SMILES string of the molecule is CCOC(=O)/C=C/c1ccc(C(=O)OC(C)(C)C)cc1. The van der Waals surface area contributed by atoms with Gasteiger partial charge in [-0.2, -0.15) is 0 Å². The van der Waals surface area contributed by atoms with E-state index in [1.54, 1.807) is 37.3 Å². The molecule has 0 aliphatic rings. The van der Waals surface area contributed by atoms with Gasteiger partial charge in [-0.1, -0.05) is 12.1 Å². The summed E-state index contributed by atoms with van der Waals surface area (Å²) in [6, 6.07) is 6.82. The molecule has 0 bridgehead atoms. The quantitative estimate of drug-likeness (QED) is 0.626. The fourth-order valence-corrected chi connectivity index (χ4v) is 1.42. The van der Waals surface area contributed by atoms with Crippen LogP contribution in [0.5, 0.6) is 0 Å². The molecule has 1 aromatic carbocycles. The predicted molar refractivity (Wildman–Crippen MR) is 77.3 cm³/mol. The molecule has 20 heavy (non-hydrogen) atoms. The summed E-state index contributed by atoms with van der Waals surface area (Å²) in [5.74, 6) is -0.748. The second kappa shape index (κ2) is 6.89. The molecule has 0 aromatic heterocycles. The molecule has 0 unspecified atom stereocenters. The normalized spacial score (nSPS) is 11.4. The van der Waals surface area contributed by atoms with E-state index in [9.17, 15) is 9.59 Å². The average molecular weight is 276 g/mol. The van der Waals surface area contributed by atoms with Crippen molar-refractivity contribution in [2.45, 2.75) is 33.3 Å². The van der Waals surface area contributed by atoms with Crippen molar-refractivity contribution in [2.75, 3.05) is 6.61 Å². The Kier molecular flexibility index (Phi) is 5.50. The van der Waals surface area contributed by atoms with E-state index in [1.807, 2.05) is 20.8 Å². The van der Waals surface area contributed by atoms with E-state index in [-0.39, 0.29) is 11.9 Å². The van der Waals surface area contributed by atoms with Crippen molar-refractivity contribution in [3.63, 3.8) is 0 Å². The first-order valence-electron chi connectivity index (χ1n) is 6.50. The number of hydrogen-bond acceptors (Lipinski definition) is 4. The van der Waals surface area contributed by atoms with Gasteiger partial charge in [-0.3, -0.25) is 0 Å². The maximum atomic E-state index is 11.8. The summed E-state index contributed by atoms with van der Waals surface area (Å²) in [6.45, 7) is 7.56. The number of esters is 2. The summed E-state index contributed by atoms with van der Waals surface area (Å²) in [6.07, 6.45) is 2.99. The second-order valence-corrected chi connectivity index (χ2v) is 5.21. The Balaban J connectivity index is 2.69. The van der Waals surface area contributed by atoms with Gasteiger partial charge in [0.2, 0.25) is 0 Å². The molecule has 1 aromatic rings. The van der Waals surface area contributed by atoms with Crippen LogP contribution in [0.4, 0.5) is 0 Å². The van der Waals surface area contributed by atoms with Crippen LogP contribution in [0.1, 0.15) is 43.6 Å². The molecule has 4 nitrogen and oxygen atoms in total. The third-order valence-corrected chi connectivity index (χ3v) is 2.24. The minimum Gasteiger partial charge on any atom is -0.463 e. The van der Waals surface area contributed by atoms with Gasteiger partial charge in [-0.15, -0.1) is 0 Å². The van der Waals surface area contributed by atoms with Crippen LogP contribution < -0.4 is 0 Å². The topological polar surface area (TPSA) is 52.6 Å². The van der Waals surface area contributed by atoms with Gasteiger partial charge in [0.15, 0.2) is 0 Å². The summed E-state index contributed by atoms with van der Waals surface area (Å²) >= 11 is 0. The molecule has 0 fully saturated rings. The zero-order chi connectivity index (χ0) is 15.2. The smallest absolute Gasteiger partial charge is 0.338 e. The van der Waals surface area contributed by atoms with Crippen molar-refractivity contribution in [1.29, 1.82) is 0 Å². The van der Waals surface area contributed by atoms with Crippen LogP contribution in [0.3, 0.4) is 0 Å². The van der Waals surface area contributed by atoms with E-state index in [1.165, 1.54) is 6.08 Å². The molecule has 1 rings (SSSR count). The van der Waals surface area contributed by atoms with Crippen LogP contribution in [-0.4, -0.2) is 24.1 Å². The summed E-state index contributed by atoms with van der Waals surface area (Å²) < 4.78 is 10.0. The van der Waals surface area contributed by atoms with Crippen LogP contribution in [-0.2, 0) is 14.3 Å². The van der Waals surface area contributed by atoms with Crippen molar-refractivity contribution < 1.29 is 19.1 Å². The van der Waals surface area contributed by atoms with Gasteiger partial charge < -0.3 is 9.47 Å². The minimum atomic E-state index is -0.514. The van der Waals surface area contributed by atoms with Crippen LogP contribution in [0, 0.1) is 0 Å². The molecule has 0 saturated carbocycles. The molecular weight excluding hydrogens is 256 g/mol. The van der Waals surface area contributed by atoms with Gasteiger partial charge in [-0.25, -0.2) is 9.59 Å². The maximum Gasteiger partial charge on any atom is 0.338 e.